The molecule has 0 aliphatic heterocycles. The summed E-state index contributed by atoms with van der Waals surface area (Å²) < 4.78 is 1.92. The Morgan fingerprint density at radius 2 is 1.92 bits per heavy atom. The molecule has 1 saturated carbocycles. The van der Waals surface area contributed by atoms with Crippen LogP contribution in [0.4, 0.5) is 5.82 Å². The highest BCUT2D eigenvalue weighted by Crippen LogP contribution is 2.42. The Balaban J connectivity index is 1.77. The van der Waals surface area contributed by atoms with Crippen molar-refractivity contribution < 1.29 is 0 Å². The standard InChI is InChI=1S/C20H25N5/c1-12(2)16-11-19(25-18(22-16)10-14(4)24-25)23-20(15-5-6-15)17-9-13(3)7-8-21-17/h7-12,15,20,23H,5-6H2,1-4H3/t20-/m0/s1. The average Bonchev–Trinajstić information content (AvgIpc) is 3.32. The molecule has 5 nitrogen and oxygen atoms in total. The minimum absolute atomic E-state index is 0.218. The van der Waals surface area contributed by atoms with Gasteiger partial charge < -0.3 is 5.32 Å². The number of pyridine rings is 1. The van der Waals surface area contributed by atoms with Crippen molar-refractivity contribution in [2.45, 2.75) is 52.5 Å². The molecule has 4 rings (SSSR count). The zero-order valence-corrected chi connectivity index (χ0v) is 15.3. The number of rotatable bonds is 5. The van der Waals surface area contributed by atoms with Crippen LogP contribution in [0.1, 0.15) is 61.3 Å². The highest BCUT2D eigenvalue weighted by atomic mass is 15.3. The first kappa shape index (κ1) is 16.1. The number of fused-ring (bicyclic) bond motifs is 1. The molecule has 1 atom stereocenters. The first-order valence-corrected chi connectivity index (χ1v) is 9.07. The summed E-state index contributed by atoms with van der Waals surface area (Å²) in [7, 11) is 0. The van der Waals surface area contributed by atoms with Crippen LogP contribution < -0.4 is 5.32 Å². The molecule has 0 radical (unpaired) electrons. The van der Waals surface area contributed by atoms with E-state index in [0.29, 0.717) is 11.8 Å². The zero-order valence-electron chi connectivity index (χ0n) is 15.3. The van der Waals surface area contributed by atoms with Crippen molar-refractivity contribution in [1.82, 2.24) is 19.6 Å². The molecule has 0 saturated heterocycles. The molecule has 25 heavy (non-hydrogen) atoms. The van der Waals surface area contributed by atoms with Crippen LogP contribution in [0.25, 0.3) is 5.65 Å². The van der Waals surface area contributed by atoms with Gasteiger partial charge in [-0.15, -0.1) is 0 Å². The molecular formula is C20H25N5. The third-order valence-corrected chi connectivity index (χ3v) is 4.81. The van der Waals surface area contributed by atoms with Gasteiger partial charge in [-0.3, -0.25) is 4.98 Å². The van der Waals surface area contributed by atoms with Crippen LogP contribution in [0, 0.1) is 19.8 Å². The van der Waals surface area contributed by atoms with Gasteiger partial charge in [0, 0.05) is 24.0 Å². The van der Waals surface area contributed by atoms with Crippen LogP contribution in [0.5, 0.6) is 0 Å². The molecule has 3 aromatic rings. The molecule has 130 valence electrons. The summed E-state index contributed by atoms with van der Waals surface area (Å²) in [6.45, 7) is 8.47. The summed E-state index contributed by atoms with van der Waals surface area (Å²) in [5.74, 6) is 2.01. The maximum atomic E-state index is 4.76. The molecule has 5 heteroatoms. The molecule has 3 aromatic heterocycles. The number of aromatic nitrogens is 4. The topological polar surface area (TPSA) is 55.1 Å². The Morgan fingerprint density at radius 3 is 2.60 bits per heavy atom. The highest BCUT2D eigenvalue weighted by molar-refractivity contribution is 5.52. The molecule has 0 spiro atoms. The van der Waals surface area contributed by atoms with Crippen molar-refractivity contribution in [2.24, 2.45) is 5.92 Å². The third kappa shape index (κ3) is 3.23. The first-order chi connectivity index (χ1) is 12.0. The van der Waals surface area contributed by atoms with Crippen molar-refractivity contribution in [3.05, 3.63) is 53.1 Å². The zero-order chi connectivity index (χ0) is 17.6. The van der Waals surface area contributed by atoms with Gasteiger partial charge in [0.25, 0.3) is 0 Å². The normalized spacial score (nSPS) is 15.7. The van der Waals surface area contributed by atoms with E-state index in [0.717, 1.165) is 28.5 Å². The minimum Gasteiger partial charge on any atom is -0.361 e. The van der Waals surface area contributed by atoms with Gasteiger partial charge >= 0.3 is 0 Å². The minimum atomic E-state index is 0.218. The second kappa shape index (κ2) is 6.14. The van der Waals surface area contributed by atoms with Crippen molar-refractivity contribution in [1.29, 1.82) is 0 Å². The van der Waals surface area contributed by atoms with Gasteiger partial charge in [-0.05, 0) is 56.2 Å². The van der Waals surface area contributed by atoms with Crippen LogP contribution in [-0.2, 0) is 0 Å². The maximum Gasteiger partial charge on any atom is 0.157 e. The molecule has 1 aliphatic carbocycles. The van der Waals surface area contributed by atoms with Crippen LogP contribution in [-0.4, -0.2) is 19.6 Å². The Kier molecular flexibility index (Phi) is 3.94. The first-order valence-electron chi connectivity index (χ1n) is 9.07. The molecule has 1 fully saturated rings. The number of anilines is 1. The van der Waals surface area contributed by atoms with Crippen LogP contribution >= 0.6 is 0 Å². The molecule has 0 amide bonds. The highest BCUT2D eigenvalue weighted by Gasteiger charge is 2.34. The Hall–Kier alpha value is -2.43. The molecule has 1 N–H and O–H groups in total. The lowest BCUT2D eigenvalue weighted by Crippen LogP contribution is -2.17. The van der Waals surface area contributed by atoms with E-state index in [1.165, 1.54) is 18.4 Å². The second-order valence-corrected chi connectivity index (χ2v) is 7.49. The van der Waals surface area contributed by atoms with Crippen molar-refractivity contribution in [3.8, 4) is 0 Å². The summed E-state index contributed by atoms with van der Waals surface area (Å²) in [5.41, 5.74) is 5.32. The van der Waals surface area contributed by atoms with Crippen molar-refractivity contribution in [3.63, 3.8) is 0 Å². The van der Waals surface area contributed by atoms with Gasteiger partial charge in [0.15, 0.2) is 5.65 Å². The Morgan fingerprint density at radius 1 is 1.12 bits per heavy atom. The third-order valence-electron chi connectivity index (χ3n) is 4.81. The smallest absolute Gasteiger partial charge is 0.157 e. The predicted octanol–water partition coefficient (Wildman–Crippen LogP) is 4.43. The van der Waals surface area contributed by atoms with Crippen molar-refractivity contribution in [2.75, 3.05) is 5.32 Å². The molecule has 0 bridgehead atoms. The second-order valence-electron chi connectivity index (χ2n) is 7.49. The number of nitrogens with zero attached hydrogens (tertiary/aromatic N) is 4. The summed E-state index contributed by atoms with van der Waals surface area (Å²) in [5, 5.41) is 8.36. The predicted molar refractivity (Wildman–Crippen MR) is 99.9 cm³/mol. The maximum absolute atomic E-state index is 4.76. The molecular weight excluding hydrogens is 310 g/mol. The van der Waals surface area contributed by atoms with Gasteiger partial charge in [-0.25, -0.2) is 4.98 Å². The van der Waals surface area contributed by atoms with Gasteiger partial charge in [0.2, 0.25) is 0 Å². The van der Waals surface area contributed by atoms with E-state index in [2.05, 4.69) is 48.3 Å². The number of aryl methyl sites for hydroxylation is 2. The van der Waals surface area contributed by atoms with Crippen molar-refractivity contribution >= 4 is 11.5 Å². The summed E-state index contributed by atoms with van der Waals surface area (Å²) in [6.07, 6.45) is 4.40. The lowest BCUT2D eigenvalue weighted by Gasteiger charge is -2.21. The fourth-order valence-corrected chi connectivity index (χ4v) is 3.26. The monoisotopic (exact) mass is 335 g/mol. The summed E-state index contributed by atoms with van der Waals surface area (Å²) in [6, 6.07) is 8.62. The fraction of sp³-hybridized carbons (Fsp3) is 0.450. The molecule has 3 heterocycles. The Labute approximate surface area is 148 Å². The number of hydrogen-bond donors (Lipinski definition) is 1. The largest absolute Gasteiger partial charge is 0.361 e. The van der Waals surface area contributed by atoms with E-state index in [1.807, 2.05) is 29.8 Å². The van der Waals surface area contributed by atoms with Gasteiger partial charge in [-0.1, -0.05) is 13.8 Å². The van der Waals surface area contributed by atoms with Crippen LogP contribution in [0.3, 0.4) is 0 Å². The van der Waals surface area contributed by atoms with E-state index in [-0.39, 0.29) is 6.04 Å². The van der Waals surface area contributed by atoms with E-state index < -0.39 is 0 Å². The molecule has 1 aliphatic rings. The quantitative estimate of drug-likeness (QED) is 0.749. The molecule has 0 unspecified atom stereocenters. The average molecular weight is 335 g/mol. The SMILES string of the molecule is Cc1ccnc([C@@H](Nc2cc(C(C)C)nc3cc(C)nn23)C2CC2)c1. The van der Waals surface area contributed by atoms with Crippen LogP contribution in [0.15, 0.2) is 30.5 Å². The van der Waals surface area contributed by atoms with E-state index >= 15 is 0 Å². The van der Waals surface area contributed by atoms with Gasteiger partial charge in [0.05, 0.1) is 17.4 Å². The van der Waals surface area contributed by atoms with E-state index in [9.17, 15) is 0 Å². The number of hydrogen-bond acceptors (Lipinski definition) is 4. The lowest BCUT2D eigenvalue weighted by atomic mass is 10.1. The van der Waals surface area contributed by atoms with Crippen LogP contribution in [0.2, 0.25) is 0 Å². The summed E-state index contributed by atoms with van der Waals surface area (Å²) in [4.78, 5) is 9.39. The molecule has 0 aromatic carbocycles. The Bertz CT molecular complexity index is 908. The van der Waals surface area contributed by atoms with E-state index in [4.69, 9.17) is 4.98 Å². The van der Waals surface area contributed by atoms with Gasteiger partial charge in [-0.2, -0.15) is 9.61 Å². The summed E-state index contributed by atoms with van der Waals surface area (Å²) >= 11 is 0. The number of nitrogens with one attached hydrogen (secondary N) is 1. The fourth-order valence-electron chi connectivity index (χ4n) is 3.26. The lowest BCUT2D eigenvalue weighted by molar-refractivity contribution is 0.648. The van der Waals surface area contributed by atoms with E-state index in [1.54, 1.807) is 0 Å². The van der Waals surface area contributed by atoms with Gasteiger partial charge in [0.1, 0.15) is 5.82 Å².